The molecule has 1 aromatic carbocycles. The summed E-state index contributed by atoms with van der Waals surface area (Å²) >= 11 is 1.52. The number of nitrogens with zero attached hydrogens (tertiary/aromatic N) is 1. The Balaban J connectivity index is 1.34. The van der Waals surface area contributed by atoms with Crippen LogP contribution in [0.1, 0.15) is 68.6 Å². The Hall–Kier alpha value is -2.67. The Morgan fingerprint density at radius 3 is 2.77 bits per heavy atom. The standard InChI is InChI=1S/C23H27N3O3S/c1-2-15-8-9-19-18(11-15)13-20(30-19)23(29)25-24-22(28)17-6-3-5-16(12-17)14-26-10-4-7-21(26)27/h3,5-6,12-13,15H,2,4,7-11,14H2,1H3,(H,24,28)(H,25,29)/t15-/m0/s1. The van der Waals surface area contributed by atoms with Gasteiger partial charge in [-0.15, -0.1) is 11.3 Å². The minimum atomic E-state index is -0.370. The molecule has 0 radical (unpaired) electrons. The number of carbonyl (C=O) groups is 3. The van der Waals surface area contributed by atoms with Crippen LogP contribution in [0, 0.1) is 5.92 Å². The zero-order chi connectivity index (χ0) is 21.1. The molecule has 0 saturated carbocycles. The molecule has 2 N–H and O–H groups in total. The molecular weight excluding hydrogens is 398 g/mol. The first-order valence-corrected chi connectivity index (χ1v) is 11.4. The lowest BCUT2D eigenvalue weighted by molar-refractivity contribution is -0.128. The number of hydrazine groups is 1. The molecule has 1 saturated heterocycles. The number of aryl methyl sites for hydroxylation is 1. The molecule has 2 aromatic rings. The second-order valence-corrected chi connectivity index (χ2v) is 9.24. The average molecular weight is 426 g/mol. The minimum Gasteiger partial charge on any atom is -0.338 e. The van der Waals surface area contributed by atoms with Crippen molar-refractivity contribution in [3.63, 3.8) is 0 Å². The van der Waals surface area contributed by atoms with Gasteiger partial charge in [0.15, 0.2) is 0 Å². The largest absolute Gasteiger partial charge is 0.338 e. The number of carbonyl (C=O) groups excluding carboxylic acids is 3. The van der Waals surface area contributed by atoms with Crippen LogP contribution >= 0.6 is 11.3 Å². The molecule has 0 spiro atoms. The van der Waals surface area contributed by atoms with Crippen LogP contribution in [0.25, 0.3) is 0 Å². The molecule has 0 unspecified atom stereocenters. The van der Waals surface area contributed by atoms with Gasteiger partial charge < -0.3 is 4.90 Å². The van der Waals surface area contributed by atoms with E-state index in [2.05, 4.69) is 17.8 Å². The van der Waals surface area contributed by atoms with E-state index in [1.54, 1.807) is 23.1 Å². The number of hydrogen-bond acceptors (Lipinski definition) is 4. The van der Waals surface area contributed by atoms with Crippen molar-refractivity contribution in [1.29, 1.82) is 0 Å². The predicted octanol–water partition coefficient (Wildman–Crippen LogP) is 3.46. The van der Waals surface area contributed by atoms with Crippen molar-refractivity contribution >= 4 is 29.1 Å². The summed E-state index contributed by atoms with van der Waals surface area (Å²) < 4.78 is 0. The monoisotopic (exact) mass is 425 g/mol. The predicted molar refractivity (Wildman–Crippen MR) is 116 cm³/mol. The number of nitrogens with one attached hydrogen (secondary N) is 2. The SMILES string of the molecule is CC[C@H]1CCc2sc(C(=O)NNC(=O)c3cccc(CN4CCCC4=O)c3)cc2C1. The number of thiophene rings is 1. The molecule has 4 rings (SSSR count). The summed E-state index contributed by atoms with van der Waals surface area (Å²) in [5.41, 5.74) is 7.69. The fraction of sp³-hybridized carbons (Fsp3) is 0.435. The van der Waals surface area contributed by atoms with Crippen LogP contribution in [0.5, 0.6) is 0 Å². The maximum atomic E-state index is 12.5. The highest BCUT2D eigenvalue weighted by molar-refractivity contribution is 7.14. The molecular formula is C23H27N3O3S. The minimum absolute atomic E-state index is 0.154. The van der Waals surface area contributed by atoms with Crippen LogP contribution in [0.2, 0.25) is 0 Å². The molecule has 2 heterocycles. The molecule has 1 atom stereocenters. The van der Waals surface area contributed by atoms with Gasteiger partial charge in [0.05, 0.1) is 4.88 Å². The molecule has 30 heavy (non-hydrogen) atoms. The van der Waals surface area contributed by atoms with Crippen molar-refractivity contribution in [2.45, 2.75) is 52.0 Å². The average Bonchev–Trinajstić information content (AvgIpc) is 3.37. The summed E-state index contributed by atoms with van der Waals surface area (Å²) in [6.07, 6.45) is 5.89. The third-order valence-corrected chi connectivity index (χ3v) is 7.25. The molecule has 2 aliphatic rings. The topological polar surface area (TPSA) is 78.5 Å². The lowest BCUT2D eigenvalue weighted by Gasteiger charge is -2.19. The van der Waals surface area contributed by atoms with Gasteiger partial charge in [0.1, 0.15) is 0 Å². The Kier molecular flexibility index (Phi) is 6.18. The van der Waals surface area contributed by atoms with Gasteiger partial charge in [-0.3, -0.25) is 25.2 Å². The second-order valence-electron chi connectivity index (χ2n) is 8.10. The molecule has 7 heteroatoms. The Labute approximate surface area is 180 Å². The first-order chi connectivity index (χ1) is 14.5. The quantitative estimate of drug-likeness (QED) is 0.720. The van der Waals surface area contributed by atoms with E-state index in [4.69, 9.17) is 0 Å². The van der Waals surface area contributed by atoms with Crippen LogP contribution < -0.4 is 10.9 Å². The van der Waals surface area contributed by atoms with E-state index < -0.39 is 0 Å². The van der Waals surface area contributed by atoms with Crippen LogP contribution in [0.3, 0.4) is 0 Å². The van der Waals surface area contributed by atoms with Gasteiger partial charge in [-0.2, -0.15) is 0 Å². The number of benzene rings is 1. The van der Waals surface area contributed by atoms with Crippen molar-refractivity contribution in [1.82, 2.24) is 15.8 Å². The van der Waals surface area contributed by atoms with Gasteiger partial charge in [0, 0.05) is 30.0 Å². The fourth-order valence-electron chi connectivity index (χ4n) is 4.21. The third-order valence-electron chi connectivity index (χ3n) is 6.01. The number of hydrogen-bond donors (Lipinski definition) is 2. The molecule has 1 aliphatic heterocycles. The van der Waals surface area contributed by atoms with Crippen molar-refractivity contribution < 1.29 is 14.4 Å². The van der Waals surface area contributed by atoms with Gasteiger partial charge in [-0.1, -0.05) is 25.5 Å². The van der Waals surface area contributed by atoms with Crippen LogP contribution in [-0.4, -0.2) is 29.2 Å². The maximum absolute atomic E-state index is 12.5. The van der Waals surface area contributed by atoms with E-state index in [9.17, 15) is 14.4 Å². The van der Waals surface area contributed by atoms with Crippen molar-refractivity contribution in [3.8, 4) is 0 Å². The van der Waals surface area contributed by atoms with Gasteiger partial charge >= 0.3 is 0 Å². The van der Waals surface area contributed by atoms with Crippen LogP contribution in [-0.2, 0) is 24.2 Å². The number of likely N-dealkylation sites (tertiary alicyclic amines) is 1. The van der Waals surface area contributed by atoms with Crippen molar-refractivity contribution in [2.24, 2.45) is 5.92 Å². The van der Waals surface area contributed by atoms with Gasteiger partial charge in [0.25, 0.3) is 11.8 Å². The molecule has 0 bridgehead atoms. The second kappa shape index (κ2) is 9.00. The molecule has 1 aliphatic carbocycles. The smallest absolute Gasteiger partial charge is 0.279 e. The molecule has 1 aromatic heterocycles. The lowest BCUT2D eigenvalue weighted by atomic mass is 9.87. The fourth-order valence-corrected chi connectivity index (χ4v) is 5.31. The Bertz CT molecular complexity index is 968. The summed E-state index contributed by atoms with van der Waals surface area (Å²) in [5, 5.41) is 0. The zero-order valence-corrected chi connectivity index (χ0v) is 18.0. The summed E-state index contributed by atoms with van der Waals surface area (Å²) in [7, 11) is 0. The molecule has 6 nitrogen and oxygen atoms in total. The highest BCUT2D eigenvalue weighted by Gasteiger charge is 2.23. The van der Waals surface area contributed by atoms with Gasteiger partial charge in [-0.25, -0.2) is 0 Å². The summed E-state index contributed by atoms with van der Waals surface area (Å²) in [4.78, 5) is 40.6. The summed E-state index contributed by atoms with van der Waals surface area (Å²) in [6, 6.07) is 9.13. The summed E-state index contributed by atoms with van der Waals surface area (Å²) in [6.45, 7) is 3.48. The number of amides is 3. The van der Waals surface area contributed by atoms with E-state index in [0.717, 1.165) is 37.8 Å². The highest BCUT2D eigenvalue weighted by atomic mass is 32.1. The van der Waals surface area contributed by atoms with E-state index in [1.807, 2.05) is 12.1 Å². The Morgan fingerprint density at radius 1 is 1.17 bits per heavy atom. The van der Waals surface area contributed by atoms with Crippen molar-refractivity contribution in [3.05, 3.63) is 56.8 Å². The molecule has 1 fully saturated rings. The summed E-state index contributed by atoms with van der Waals surface area (Å²) in [5.74, 6) is 0.201. The number of fused-ring (bicyclic) bond motifs is 1. The van der Waals surface area contributed by atoms with Crippen LogP contribution in [0.15, 0.2) is 30.3 Å². The first kappa shape index (κ1) is 20.6. The molecule has 158 valence electrons. The highest BCUT2D eigenvalue weighted by Crippen LogP contribution is 2.33. The van der Waals surface area contributed by atoms with Gasteiger partial charge in [-0.05, 0) is 60.9 Å². The lowest BCUT2D eigenvalue weighted by Crippen LogP contribution is -2.41. The first-order valence-electron chi connectivity index (χ1n) is 10.6. The van der Waals surface area contributed by atoms with E-state index in [0.29, 0.717) is 29.3 Å². The number of rotatable bonds is 5. The van der Waals surface area contributed by atoms with Crippen LogP contribution in [0.4, 0.5) is 0 Å². The zero-order valence-electron chi connectivity index (χ0n) is 17.2. The van der Waals surface area contributed by atoms with E-state index >= 15 is 0 Å². The van der Waals surface area contributed by atoms with Crippen molar-refractivity contribution in [2.75, 3.05) is 6.54 Å². The maximum Gasteiger partial charge on any atom is 0.279 e. The normalized spacial score (nSPS) is 18.2. The van der Waals surface area contributed by atoms with E-state index in [-0.39, 0.29) is 17.7 Å². The van der Waals surface area contributed by atoms with Gasteiger partial charge in [0.2, 0.25) is 5.91 Å². The molecule has 3 amide bonds. The van der Waals surface area contributed by atoms with E-state index in [1.165, 1.54) is 28.2 Å². The third kappa shape index (κ3) is 4.56. The Morgan fingerprint density at radius 2 is 2.00 bits per heavy atom.